The summed E-state index contributed by atoms with van der Waals surface area (Å²) in [5.74, 6) is 1.05. The van der Waals surface area contributed by atoms with Gasteiger partial charge in [0.15, 0.2) is 0 Å². The van der Waals surface area contributed by atoms with Crippen LogP contribution in [-0.4, -0.2) is 15.2 Å². The summed E-state index contributed by atoms with van der Waals surface area (Å²) in [6.07, 6.45) is -0.871. The molecule has 0 unspecified atom stereocenters. The summed E-state index contributed by atoms with van der Waals surface area (Å²) < 4.78 is 10.4. The summed E-state index contributed by atoms with van der Waals surface area (Å²) >= 11 is 0. The lowest BCUT2D eigenvalue weighted by molar-refractivity contribution is -0.385. The summed E-state index contributed by atoms with van der Waals surface area (Å²) in [6.45, 7) is 3.45. The second-order valence-electron chi connectivity index (χ2n) is 4.37. The maximum Gasteiger partial charge on any atom is 0.270 e. The zero-order chi connectivity index (χ0) is 14.7. The van der Waals surface area contributed by atoms with Gasteiger partial charge >= 0.3 is 0 Å². The van der Waals surface area contributed by atoms with Crippen molar-refractivity contribution in [1.82, 2.24) is 5.16 Å². The minimum absolute atomic E-state index is 0.0921. The number of nitrogens with zero attached hydrogens (tertiary/aromatic N) is 2. The number of aromatic nitrogens is 1. The Morgan fingerprint density at radius 2 is 2.25 bits per heavy atom. The van der Waals surface area contributed by atoms with Crippen LogP contribution in [0.4, 0.5) is 5.69 Å². The Kier molecular flexibility index (Phi) is 3.99. The van der Waals surface area contributed by atoms with E-state index in [-0.39, 0.29) is 12.3 Å². The number of benzene rings is 1. The molecule has 1 aromatic heterocycles. The maximum atomic E-state index is 10.7. The van der Waals surface area contributed by atoms with E-state index < -0.39 is 11.0 Å². The van der Waals surface area contributed by atoms with Crippen molar-refractivity contribution in [2.45, 2.75) is 26.6 Å². The van der Waals surface area contributed by atoms with E-state index in [1.54, 1.807) is 13.0 Å². The van der Waals surface area contributed by atoms with Crippen molar-refractivity contribution in [3.05, 3.63) is 51.4 Å². The van der Waals surface area contributed by atoms with Crippen LogP contribution in [0.5, 0.6) is 5.75 Å². The van der Waals surface area contributed by atoms with E-state index in [9.17, 15) is 15.2 Å². The van der Waals surface area contributed by atoms with Crippen LogP contribution >= 0.6 is 0 Å². The molecule has 7 nitrogen and oxygen atoms in total. The molecule has 0 aliphatic rings. The highest BCUT2D eigenvalue weighted by Crippen LogP contribution is 2.29. The quantitative estimate of drug-likeness (QED) is 0.666. The van der Waals surface area contributed by atoms with Gasteiger partial charge in [-0.1, -0.05) is 5.16 Å². The van der Waals surface area contributed by atoms with Crippen LogP contribution in [0, 0.1) is 17.0 Å². The van der Waals surface area contributed by atoms with E-state index in [0.29, 0.717) is 22.8 Å². The van der Waals surface area contributed by atoms with E-state index in [1.807, 2.05) is 0 Å². The molecule has 0 saturated carbocycles. The molecule has 106 valence electrons. The number of nitro benzene ring substituents is 1. The molecule has 0 bridgehead atoms. The summed E-state index contributed by atoms with van der Waals surface area (Å²) in [5.41, 5.74) is 0.877. The van der Waals surface area contributed by atoms with Crippen LogP contribution < -0.4 is 4.74 Å². The molecule has 0 spiro atoms. The van der Waals surface area contributed by atoms with Gasteiger partial charge in [0.2, 0.25) is 0 Å². The molecule has 1 aromatic carbocycles. The first-order valence-electron chi connectivity index (χ1n) is 5.99. The highest BCUT2D eigenvalue weighted by molar-refractivity contribution is 5.44. The van der Waals surface area contributed by atoms with Crippen LogP contribution in [0.2, 0.25) is 0 Å². The molecule has 0 fully saturated rings. The van der Waals surface area contributed by atoms with Crippen LogP contribution in [0.25, 0.3) is 0 Å². The highest BCUT2D eigenvalue weighted by Gasteiger charge is 2.15. The molecular weight excluding hydrogens is 264 g/mol. The number of ether oxygens (including phenoxy) is 1. The van der Waals surface area contributed by atoms with E-state index in [0.717, 1.165) is 0 Å². The Morgan fingerprint density at radius 3 is 2.80 bits per heavy atom. The average Bonchev–Trinajstić information content (AvgIpc) is 2.81. The predicted molar refractivity (Wildman–Crippen MR) is 69.3 cm³/mol. The molecular formula is C13H14N2O5. The number of aliphatic hydroxyl groups is 1. The normalized spacial score (nSPS) is 12.2. The molecule has 0 radical (unpaired) electrons. The van der Waals surface area contributed by atoms with Gasteiger partial charge in [-0.15, -0.1) is 0 Å². The second-order valence-corrected chi connectivity index (χ2v) is 4.37. The number of aliphatic hydroxyl groups excluding tert-OH is 1. The van der Waals surface area contributed by atoms with Crippen molar-refractivity contribution in [1.29, 1.82) is 0 Å². The third-order valence-electron chi connectivity index (χ3n) is 2.71. The number of non-ortho nitro benzene ring substituents is 1. The van der Waals surface area contributed by atoms with Crippen molar-refractivity contribution in [2.24, 2.45) is 0 Å². The molecule has 1 N–H and O–H groups in total. The molecule has 20 heavy (non-hydrogen) atoms. The Hall–Kier alpha value is -2.41. The van der Waals surface area contributed by atoms with Crippen molar-refractivity contribution < 1.29 is 19.3 Å². The first-order valence-corrected chi connectivity index (χ1v) is 5.99. The summed E-state index contributed by atoms with van der Waals surface area (Å²) in [6, 6.07) is 5.82. The summed E-state index contributed by atoms with van der Waals surface area (Å²) in [7, 11) is 0. The Morgan fingerprint density at radius 1 is 1.50 bits per heavy atom. The van der Waals surface area contributed by atoms with Crippen molar-refractivity contribution in [3.8, 4) is 5.75 Å². The van der Waals surface area contributed by atoms with E-state index >= 15 is 0 Å². The fraction of sp³-hybridized carbons (Fsp3) is 0.308. The van der Waals surface area contributed by atoms with Gasteiger partial charge < -0.3 is 14.4 Å². The molecule has 1 heterocycles. The standard InChI is InChI=1S/C13H14N2O5/c1-8-5-10(14-20-8)7-19-13-4-3-11(15(17)18)6-12(13)9(2)16/h3-6,9,16H,7H2,1-2H3/t9-/m1/s1. The average molecular weight is 278 g/mol. The van der Waals surface area contributed by atoms with Crippen LogP contribution in [-0.2, 0) is 6.61 Å². The largest absolute Gasteiger partial charge is 0.487 e. The molecule has 0 aliphatic heterocycles. The number of rotatable bonds is 5. The van der Waals surface area contributed by atoms with Crippen LogP contribution in [0.3, 0.4) is 0 Å². The topological polar surface area (TPSA) is 98.6 Å². The highest BCUT2D eigenvalue weighted by atomic mass is 16.6. The molecule has 0 aliphatic carbocycles. The Labute approximate surface area is 114 Å². The fourth-order valence-electron chi connectivity index (χ4n) is 1.75. The van der Waals surface area contributed by atoms with E-state index in [1.165, 1.54) is 25.1 Å². The van der Waals surface area contributed by atoms with Gasteiger partial charge in [0.25, 0.3) is 5.69 Å². The monoisotopic (exact) mass is 278 g/mol. The SMILES string of the molecule is Cc1cc(COc2ccc([N+](=O)[O-])cc2[C@@H](C)O)no1. The lowest BCUT2D eigenvalue weighted by Gasteiger charge is -2.12. The lowest BCUT2D eigenvalue weighted by atomic mass is 10.1. The Balaban J connectivity index is 2.20. The van der Waals surface area contributed by atoms with Crippen LogP contribution in [0.15, 0.2) is 28.8 Å². The zero-order valence-corrected chi connectivity index (χ0v) is 11.1. The van der Waals surface area contributed by atoms with Crippen molar-refractivity contribution >= 4 is 5.69 Å². The predicted octanol–water partition coefficient (Wildman–Crippen LogP) is 2.52. The van der Waals surface area contributed by atoms with Gasteiger partial charge in [-0.05, 0) is 19.9 Å². The van der Waals surface area contributed by atoms with E-state index in [2.05, 4.69) is 5.16 Å². The smallest absolute Gasteiger partial charge is 0.270 e. The molecule has 1 atom stereocenters. The van der Waals surface area contributed by atoms with Gasteiger partial charge in [-0.2, -0.15) is 0 Å². The van der Waals surface area contributed by atoms with Gasteiger partial charge in [0, 0.05) is 23.8 Å². The first kappa shape index (κ1) is 14.0. The van der Waals surface area contributed by atoms with E-state index in [4.69, 9.17) is 9.26 Å². The summed E-state index contributed by atoms with van der Waals surface area (Å²) in [4.78, 5) is 10.2. The molecule has 2 rings (SSSR count). The zero-order valence-electron chi connectivity index (χ0n) is 11.1. The number of hydrogen-bond donors (Lipinski definition) is 1. The van der Waals surface area contributed by atoms with Crippen molar-refractivity contribution in [3.63, 3.8) is 0 Å². The Bertz CT molecular complexity index is 621. The van der Waals surface area contributed by atoms with Crippen molar-refractivity contribution in [2.75, 3.05) is 0 Å². The molecule has 0 amide bonds. The lowest BCUT2D eigenvalue weighted by Crippen LogP contribution is -2.02. The summed E-state index contributed by atoms with van der Waals surface area (Å²) in [5, 5.41) is 24.2. The van der Waals surface area contributed by atoms with Gasteiger partial charge in [0.05, 0.1) is 11.0 Å². The minimum atomic E-state index is -0.871. The molecule has 2 aromatic rings. The van der Waals surface area contributed by atoms with Crippen LogP contribution in [0.1, 0.15) is 30.0 Å². The molecule has 0 saturated heterocycles. The third kappa shape index (κ3) is 3.12. The second kappa shape index (κ2) is 5.70. The van der Waals surface area contributed by atoms with Gasteiger partial charge in [-0.25, -0.2) is 0 Å². The number of aryl methyl sites for hydroxylation is 1. The minimum Gasteiger partial charge on any atom is -0.487 e. The number of hydrogen-bond acceptors (Lipinski definition) is 6. The number of nitro groups is 1. The maximum absolute atomic E-state index is 10.7. The molecule has 7 heteroatoms. The third-order valence-corrected chi connectivity index (χ3v) is 2.71. The fourth-order valence-corrected chi connectivity index (χ4v) is 1.75. The van der Waals surface area contributed by atoms with Gasteiger partial charge in [-0.3, -0.25) is 10.1 Å². The first-order chi connectivity index (χ1) is 9.47. The van der Waals surface area contributed by atoms with Gasteiger partial charge in [0.1, 0.15) is 23.8 Å².